The number of amides is 1. The van der Waals surface area contributed by atoms with E-state index in [4.69, 9.17) is 5.73 Å². The molecule has 0 spiro atoms. The van der Waals surface area contributed by atoms with Crippen LogP contribution in [0, 0.1) is 5.41 Å². The van der Waals surface area contributed by atoms with Gasteiger partial charge >= 0.3 is 0 Å². The van der Waals surface area contributed by atoms with E-state index >= 15 is 0 Å². The van der Waals surface area contributed by atoms with Crippen LogP contribution in [0.2, 0.25) is 0 Å². The van der Waals surface area contributed by atoms with E-state index in [0.717, 1.165) is 6.26 Å². The van der Waals surface area contributed by atoms with Crippen LogP contribution in [0.1, 0.15) is 27.2 Å². The Bertz CT molecular complexity index is 357. The molecule has 5 nitrogen and oxygen atoms in total. The first-order valence-electron chi connectivity index (χ1n) is 5.61. The van der Waals surface area contributed by atoms with Gasteiger partial charge in [-0.05, 0) is 5.41 Å². The third kappa shape index (κ3) is 7.33. The van der Waals surface area contributed by atoms with Crippen LogP contribution in [0.15, 0.2) is 0 Å². The first-order chi connectivity index (χ1) is 7.43. The third-order valence-electron chi connectivity index (χ3n) is 2.73. The molecule has 0 rings (SSSR count). The Morgan fingerprint density at radius 3 is 2.18 bits per heavy atom. The fraction of sp³-hybridized carbons (Fsp3) is 0.909. The van der Waals surface area contributed by atoms with Gasteiger partial charge in [0.15, 0.2) is 0 Å². The van der Waals surface area contributed by atoms with Crippen molar-refractivity contribution in [2.24, 2.45) is 11.1 Å². The van der Waals surface area contributed by atoms with Crippen molar-refractivity contribution < 1.29 is 13.2 Å². The molecular weight excluding hydrogens is 240 g/mol. The fourth-order valence-electron chi connectivity index (χ4n) is 1.08. The molecule has 0 aliphatic heterocycles. The van der Waals surface area contributed by atoms with E-state index in [9.17, 15) is 13.2 Å². The molecule has 0 fully saturated rings. The van der Waals surface area contributed by atoms with Gasteiger partial charge in [0.25, 0.3) is 0 Å². The highest BCUT2D eigenvalue weighted by Gasteiger charge is 2.24. The van der Waals surface area contributed by atoms with Gasteiger partial charge in [-0.1, -0.05) is 20.8 Å². The summed E-state index contributed by atoms with van der Waals surface area (Å²) in [5.74, 6) is -0.129. The number of carbonyl (C=O) groups excluding carboxylic acids is 1. The van der Waals surface area contributed by atoms with Crippen molar-refractivity contribution in [2.45, 2.75) is 33.2 Å². The van der Waals surface area contributed by atoms with Gasteiger partial charge in [-0.2, -0.15) is 0 Å². The lowest BCUT2D eigenvalue weighted by atomic mass is 9.85. The van der Waals surface area contributed by atoms with E-state index in [1.54, 1.807) is 7.05 Å². The summed E-state index contributed by atoms with van der Waals surface area (Å²) >= 11 is 0. The Kier molecular flexibility index (Phi) is 5.61. The number of sulfone groups is 1. The predicted octanol–water partition coefficient (Wildman–Crippen LogP) is 0.253. The molecule has 1 unspecified atom stereocenters. The third-order valence-corrected chi connectivity index (χ3v) is 3.65. The van der Waals surface area contributed by atoms with Crippen molar-refractivity contribution in [1.82, 2.24) is 4.90 Å². The van der Waals surface area contributed by atoms with E-state index in [2.05, 4.69) is 0 Å². The Labute approximate surface area is 104 Å². The highest BCUT2D eigenvalue weighted by molar-refractivity contribution is 7.90. The number of hydrogen-bond acceptors (Lipinski definition) is 4. The summed E-state index contributed by atoms with van der Waals surface area (Å²) in [5.41, 5.74) is 5.77. The van der Waals surface area contributed by atoms with Gasteiger partial charge in [0, 0.05) is 32.3 Å². The van der Waals surface area contributed by atoms with E-state index < -0.39 is 9.84 Å². The van der Waals surface area contributed by atoms with Crippen molar-refractivity contribution in [3.8, 4) is 0 Å². The summed E-state index contributed by atoms with van der Waals surface area (Å²) in [4.78, 5) is 13.2. The molecule has 0 aromatic rings. The zero-order valence-electron chi connectivity index (χ0n) is 11.4. The van der Waals surface area contributed by atoms with Crippen molar-refractivity contribution in [2.75, 3.05) is 25.6 Å². The minimum atomic E-state index is -3.03. The number of nitrogens with zero attached hydrogens (tertiary/aromatic N) is 1. The summed E-state index contributed by atoms with van der Waals surface area (Å²) in [6.45, 7) is 6.14. The van der Waals surface area contributed by atoms with E-state index in [0.29, 0.717) is 0 Å². The number of nitrogens with two attached hydrogens (primary N) is 1. The largest absolute Gasteiger partial charge is 0.345 e. The quantitative estimate of drug-likeness (QED) is 0.772. The lowest BCUT2D eigenvalue weighted by Gasteiger charge is -2.28. The molecule has 6 heteroatoms. The van der Waals surface area contributed by atoms with Crippen LogP contribution in [0.25, 0.3) is 0 Å². The molecule has 0 radical (unpaired) electrons. The van der Waals surface area contributed by atoms with Crippen LogP contribution in [0.3, 0.4) is 0 Å². The van der Waals surface area contributed by atoms with Crippen LogP contribution >= 0.6 is 0 Å². The molecule has 0 aliphatic carbocycles. The van der Waals surface area contributed by atoms with E-state index in [-0.39, 0.29) is 36.1 Å². The molecule has 0 aliphatic rings. The number of rotatable bonds is 5. The molecule has 17 heavy (non-hydrogen) atoms. The molecule has 1 amide bonds. The van der Waals surface area contributed by atoms with Gasteiger partial charge in [-0.3, -0.25) is 4.79 Å². The average molecular weight is 264 g/mol. The SMILES string of the molecule is CN(CCS(C)(=O)=O)C(=O)CC(N)C(C)(C)C. The van der Waals surface area contributed by atoms with Gasteiger partial charge in [0.2, 0.25) is 5.91 Å². The highest BCUT2D eigenvalue weighted by Crippen LogP contribution is 2.20. The Balaban J connectivity index is 4.25. The summed E-state index contributed by atoms with van der Waals surface area (Å²) < 4.78 is 22.0. The Morgan fingerprint density at radius 2 is 1.82 bits per heavy atom. The molecule has 102 valence electrons. The normalized spacial score (nSPS) is 14.5. The van der Waals surface area contributed by atoms with Crippen LogP contribution in [-0.4, -0.2) is 50.9 Å². The van der Waals surface area contributed by atoms with Crippen LogP contribution < -0.4 is 5.73 Å². The molecule has 0 saturated carbocycles. The number of carbonyl (C=O) groups is 1. The maximum Gasteiger partial charge on any atom is 0.223 e. The predicted molar refractivity (Wildman–Crippen MR) is 69.4 cm³/mol. The lowest BCUT2D eigenvalue weighted by Crippen LogP contribution is -2.41. The van der Waals surface area contributed by atoms with E-state index in [1.807, 2.05) is 20.8 Å². The standard InChI is InChI=1S/C11H24N2O3S/c1-11(2,3)9(12)8-10(14)13(4)6-7-17(5,15)16/h9H,6-8,12H2,1-5H3. The molecule has 1 atom stereocenters. The van der Waals surface area contributed by atoms with Gasteiger partial charge in [0.1, 0.15) is 9.84 Å². The number of hydrogen-bond donors (Lipinski definition) is 1. The van der Waals surface area contributed by atoms with Crippen LogP contribution in [0.4, 0.5) is 0 Å². The molecule has 0 aromatic heterocycles. The van der Waals surface area contributed by atoms with Crippen molar-refractivity contribution in [3.63, 3.8) is 0 Å². The molecule has 0 saturated heterocycles. The first kappa shape index (κ1) is 16.4. The van der Waals surface area contributed by atoms with E-state index in [1.165, 1.54) is 4.90 Å². The zero-order chi connectivity index (χ0) is 13.9. The lowest BCUT2D eigenvalue weighted by molar-refractivity contribution is -0.130. The first-order valence-corrected chi connectivity index (χ1v) is 7.67. The van der Waals surface area contributed by atoms with Gasteiger partial charge in [0.05, 0.1) is 5.75 Å². The molecular formula is C11H24N2O3S. The fourth-order valence-corrected chi connectivity index (χ4v) is 1.68. The average Bonchev–Trinajstić information content (AvgIpc) is 2.11. The second-order valence-corrected chi connectivity index (χ2v) is 7.88. The van der Waals surface area contributed by atoms with Crippen molar-refractivity contribution >= 4 is 15.7 Å². The molecule has 2 N–H and O–H groups in total. The Morgan fingerprint density at radius 1 is 1.35 bits per heavy atom. The van der Waals surface area contributed by atoms with Crippen LogP contribution in [-0.2, 0) is 14.6 Å². The highest BCUT2D eigenvalue weighted by atomic mass is 32.2. The summed E-state index contributed by atoms with van der Waals surface area (Å²) in [6, 6.07) is -0.226. The van der Waals surface area contributed by atoms with Gasteiger partial charge in [-0.25, -0.2) is 8.42 Å². The minimum Gasteiger partial charge on any atom is -0.345 e. The molecule has 0 bridgehead atoms. The summed E-state index contributed by atoms with van der Waals surface area (Å²) in [7, 11) is -1.43. The summed E-state index contributed by atoms with van der Waals surface area (Å²) in [6.07, 6.45) is 1.40. The topological polar surface area (TPSA) is 80.5 Å². The monoisotopic (exact) mass is 264 g/mol. The maximum atomic E-state index is 11.8. The zero-order valence-corrected chi connectivity index (χ0v) is 12.2. The second kappa shape index (κ2) is 5.82. The Hall–Kier alpha value is -0.620. The molecule has 0 heterocycles. The smallest absolute Gasteiger partial charge is 0.223 e. The second-order valence-electron chi connectivity index (χ2n) is 5.62. The van der Waals surface area contributed by atoms with Crippen molar-refractivity contribution in [3.05, 3.63) is 0 Å². The van der Waals surface area contributed by atoms with Crippen LogP contribution in [0.5, 0.6) is 0 Å². The molecule has 0 aromatic carbocycles. The van der Waals surface area contributed by atoms with Gasteiger partial charge < -0.3 is 10.6 Å². The van der Waals surface area contributed by atoms with Crippen molar-refractivity contribution in [1.29, 1.82) is 0 Å². The summed E-state index contributed by atoms with van der Waals surface area (Å²) in [5, 5.41) is 0. The maximum absolute atomic E-state index is 11.8. The van der Waals surface area contributed by atoms with Gasteiger partial charge in [-0.15, -0.1) is 0 Å². The minimum absolute atomic E-state index is 0.0139.